The SMILES string of the molecule is COC(=O)C(=O)N1CC2CC1[C@H]1C(=O)N(c3cnc(C#N)c4ccccc34)C(=O)N21. The fourth-order valence-electron chi connectivity index (χ4n) is 4.76. The molecule has 150 valence electrons. The van der Waals surface area contributed by atoms with E-state index in [9.17, 15) is 24.4 Å². The van der Waals surface area contributed by atoms with Gasteiger partial charge in [0.1, 0.15) is 17.8 Å². The Labute approximate surface area is 170 Å². The van der Waals surface area contributed by atoms with E-state index in [0.29, 0.717) is 22.9 Å². The molecule has 0 N–H and O–H groups in total. The van der Waals surface area contributed by atoms with E-state index in [1.54, 1.807) is 24.3 Å². The summed E-state index contributed by atoms with van der Waals surface area (Å²) < 4.78 is 4.51. The Morgan fingerprint density at radius 1 is 1.23 bits per heavy atom. The normalized spacial score (nSPS) is 24.4. The highest BCUT2D eigenvalue weighted by atomic mass is 16.5. The molecular formula is C20H15N5O5. The number of carbonyl (C=O) groups is 4. The summed E-state index contributed by atoms with van der Waals surface area (Å²) in [6.07, 6.45) is 1.78. The molecule has 10 nitrogen and oxygen atoms in total. The number of pyridine rings is 1. The summed E-state index contributed by atoms with van der Waals surface area (Å²) >= 11 is 0. The average Bonchev–Trinajstić information content (AvgIpc) is 3.43. The molecule has 3 atom stereocenters. The van der Waals surface area contributed by atoms with Crippen LogP contribution in [-0.2, 0) is 19.1 Å². The first-order valence-electron chi connectivity index (χ1n) is 9.31. The molecule has 2 aromatic rings. The molecule has 3 saturated heterocycles. The Hall–Kier alpha value is -4.00. The first kappa shape index (κ1) is 18.1. The van der Waals surface area contributed by atoms with Crippen LogP contribution in [0.5, 0.6) is 0 Å². The van der Waals surface area contributed by atoms with Crippen LogP contribution < -0.4 is 4.90 Å². The highest BCUT2D eigenvalue weighted by molar-refractivity contribution is 6.33. The number of piperazine rings is 1. The van der Waals surface area contributed by atoms with Crippen molar-refractivity contribution in [2.45, 2.75) is 24.5 Å². The van der Waals surface area contributed by atoms with E-state index in [1.807, 2.05) is 6.07 Å². The number of hydrogen-bond acceptors (Lipinski definition) is 7. The molecule has 10 heteroatoms. The predicted molar refractivity (Wildman–Crippen MR) is 101 cm³/mol. The molecule has 2 bridgehead atoms. The van der Waals surface area contributed by atoms with Crippen molar-refractivity contribution in [3.05, 3.63) is 36.2 Å². The molecule has 0 spiro atoms. The highest BCUT2D eigenvalue weighted by Crippen LogP contribution is 2.43. The quantitative estimate of drug-likeness (QED) is 0.382. The number of carbonyl (C=O) groups excluding carboxylic acids is 4. The fraction of sp³-hybridized carbons (Fsp3) is 0.300. The lowest BCUT2D eigenvalue weighted by molar-refractivity contribution is -0.160. The average molecular weight is 405 g/mol. The highest BCUT2D eigenvalue weighted by Gasteiger charge is 2.63. The molecule has 0 aliphatic carbocycles. The minimum Gasteiger partial charge on any atom is -0.462 e. The van der Waals surface area contributed by atoms with Crippen LogP contribution in [0.4, 0.5) is 10.5 Å². The van der Waals surface area contributed by atoms with Gasteiger partial charge in [-0.1, -0.05) is 24.3 Å². The molecule has 4 amide bonds. The third-order valence-electron chi connectivity index (χ3n) is 6.01. The third-order valence-corrected chi connectivity index (χ3v) is 6.01. The number of methoxy groups -OCH3 is 1. The van der Waals surface area contributed by atoms with Gasteiger partial charge >= 0.3 is 17.9 Å². The number of hydrogen-bond donors (Lipinski definition) is 0. The summed E-state index contributed by atoms with van der Waals surface area (Å²) in [5.41, 5.74) is 0.489. The van der Waals surface area contributed by atoms with Crippen molar-refractivity contribution in [2.75, 3.05) is 18.6 Å². The number of rotatable bonds is 1. The van der Waals surface area contributed by atoms with Crippen molar-refractivity contribution in [2.24, 2.45) is 0 Å². The molecule has 3 aliphatic rings. The first-order chi connectivity index (χ1) is 14.5. The molecule has 30 heavy (non-hydrogen) atoms. The van der Waals surface area contributed by atoms with E-state index in [-0.39, 0.29) is 18.3 Å². The van der Waals surface area contributed by atoms with Crippen LogP contribution in [0.1, 0.15) is 12.1 Å². The van der Waals surface area contributed by atoms with Crippen molar-refractivity contribution in [3.63, 3.8) is 0 Å². The Morgan fingerprint density at radius 2 is 1.97 bits per heavy atom. The van der Waals surface area contributed by atoms with Crippen LogP contribution in [0.2, 0.25) is 0 Å². The summed E-state index contributed by atoms with van der Waals surface area (Å²) in [6.45, 7) is 0.175. The summed E-state index contributed by atoms with van der Waals surface area (Å²) in [7, 11) is 1.12. The molecule has 0 saturated carbocycles. The van der Waals surface area contributed by atoms with Gasteiger partial charge in [0, 0.05) is 17.3 Å². The van der Waals surface area contributed by atoms with Crippen molar-refractivity contribution in [1.29, 1.82) is 5.26 Å². The summed E-state index contributed by atoms with van der Waals surface area (Å²) in [6, 6.07) is 6.65. The van der Waals surface area contributed by atoms with E-state index < -0.39 is 35.9 Å². The van der Waals surface area contributed by atoms with Gasteiger partial charge in [-0.15, -0.1) is 0 Å². The van der Waals surface area contributed by atoms with E-state index in [2.05, 4.69) is 9.72 Å². The van der Waals surface area contributed by atoms with Crippen LogP contribution in [0.15, 0.2) is 30.5 Å². The van der Waals surface area contributed by atoms with Crippen LogP contribution >= 0.6 is 0 Å². The number of fused-ring (bicyclic) bond motifs is 6. The van der Waals surface area contributed by atoms with Crippen LogP contribution in [0.3, 0.4) is 0 Å². The second-order valence-corrected chi connectivity index (χ2v) is 7.36. The third kappa shape index (κ3) is 2.20. The molecule has 0 radical (unpaired) electrons. The fourth-order valence-corrected chi connectivity index (χ4v) is 4.76. The minimum atomic E-state index is -0.995. The lowest BCUT2D eigenvalue weighted by Crippen LogP contribution is -2.56. The minimum absolute atomic E-state index is 0.175. The van der Waals surface area contributed by atoms with Gasteiger partial charge in [-0.2, -0.15) is 5.26 Å². The van der Waals surface area contributed by atoms with Gasteiger partial charge < -0.3 is 14.5 Å². The molecule has 5 rings (SSSR count). The Kier molecular flexibility index (Phi) is 3.76. The molecule has 2 unspecified atom stereocenters. The van der Waals surface area contributed by atoms with Crippen LogP contribution in [0.25, 0.3) is 10.8 Å². The number of anilines is 1. The summed E-state index contributed by atoms with van der Waals surface area (Å²) in [5.74, 6) is -2.29. The number of nitriles is 1. The van der Waals surface area contributed by atoms with Gasteiger partial charge in [-0.3, -0.25) is 9.59 Å². The number of esters is 1. The van der Waals surface area contributed by atoms with E-state index in [1.165, 1.54) is 16.0 Å². The van der Waals surface area contributed by atoms with Gasteiger partial charge in [-0.05, 0) is 6.42 Å². The number of aromatic nitrogens is 1. The summed E-state index contributed by atoms with van der Waals surface area (Å²) in [4.78, 5) is 58.5. The van der Waals surface area contributed by atoms with Crippen molar-refractivity contribution >= 4 is 40.3 Å². The zero-order chi connectivity index (χ0) is 21.2. The van der Waals surface area contributed by atoms with Crippen LogP contribution in [0, 0.1) is 11.3 Å². The maximum absolute atomic E-state index is 13.3. The number of urea groups is 1. The number of ether oxygens (including phenoxy) is 1. The van der Waals surface area contributed by atoms with Gasteiger partial charge in [0.05, 0.1) is 31.1 Å². The topological polar surface area (TPSA) is 124 Å². The second-order valence-electron chi connectivity index (χ2n) is 7.36. The van der Waals surface area contributed by atoms with E-state index in [0.717, 1.165) is 12.0 Å². The smallest absolute Gasteiger partial charge is 0.396 e. The molecule has 3 aliphatic heterocycles. The van der Waals surface area contributed by atoms with Gasteiger partial charge in [0.25, 0.3) is 5.91 Å². The predicted octanol–water partition coefficient (Wildman–Crippen LogP) is 0.400. The number of nitrogens with zero attached hydrogens (tertiary/aromatic N) is 5. The van der Waals surface area contributed by atoms with Crippen LogP contribution in [-0.4, -0.2) is 70.4 Å². The Balaban J connectivity index is 1.55. The first-order valence-corrected chi connectivity index (χ1v) is 9.31. The zero-order valence-corrected chi connectivity index (χ0v) is 15.8. The van der Waals surface area contributed by atoms with Crippen molar-refractivity contribution in [3.8, 4) is 6.07 Å². The second kappa shape index (κ2) is 6.25. The largest absolute Gasteiger partial charge is 0.462 e. The number of likely N-dealkylation sites (tertiary alicyclic amines) is 1. The zero-order valence-electron chi connectivity index (χ0n) is 15.8. The number of amides is 4. The standard InChI is InChI=1S/C20H15N5O5/c1-30-19(28)18(27)23-9-10-6-14(23)16-17(26)25(20(29)24(10)16)15-8-22-13(7-21)11-4-2-3-5-12(11)15/h2-5,8,10,14,16H,6,9H2,1H3/t10?,14?,16-/m0/s1. The molecule has 1 aromatic carbocycles. The Morgan fingerprint density at radius 3 is 2.67 bits per heavy atom. The monoisotopic (exact) mass is 405 g/mol. The van der Waals surface area contributed by atoms with Gasteiger partial charge in [-0.25, -0.2) is 19.5 Å². The molecular weight excluding hydrogens is 390 g/mol. The maximum atomic E-state index is 13.3. The lowest BCUT2D eigenvalue weighted by atomic mass is 10.1. The summed E-state index contributed by atoms with van der Waals surface area (Å²) in [5, 5.41) is 10.4. The molecule has 3 fully saturated rings. The molecule has 1 aromatic heterocycles. The number of imide groups is 1. The molecule has 4 heterocycles. The van der Waals surface area contributed by atoms with Gasteiger partial charge in [0.15, 0.2) is 0 Å². The van der Waals surface area contributed by atoms with E-state index in [4.69, 9.17) is 0 Å². The Bertz CT molecular complexity index is 1190. The van der Waals surface area contributed by atoms with Crippen molar-refractivity contribution < 1.29 is 23.9 Å². The van der Waals surface area contributed by atoms with E-state index >= 15 is 0 Å². The number of benzene rings is 1. The maximum Gasteiger partial charge on any atom is 0.396 e. The van der Waals surface area contributed by atoms with Gasteiger partial charge in [0.2, 0.25) is 0 Å². The van der Waals surface area contributed by atoms with Crippen molar-refractivity contribution in [1.82, 2.24) is 14.8 Å². The lowest BCUT2D eigenvalue weighted by Gasteiger charge is -2.34.